The Bertz CT molecular complexity index is 614. The van der Waals surface area contributed by atoms with Gasteiger partial charge < -0.3 is 9.47 Å². The van der Waals surface area contributed by atoms with Crippen LogP contribution in [0.15, 0.2) is 30.3 Å². The minimum atomic E-state index is -0.240. The van der Waals surface area contributed by atoms with Gasteiger partial charge in [-0.25, -0.2) is 4.79 Å². The van der Waals surface area contributed by atoms with Gasteiger partial charge >= 0.3 is 5.97 Å². The van der Waals surface area contributed by atoms with Crippen molar-refractivity contribution in [2.75, 3.05) is 7.11 Å². The van der Waals surface area contributed by atoms with Crippen LogP contribution in [-0.4, -0.2) is 19.2 Å². The zero-order valence-corrected chi connectivity index (χ0v) is 14.5. The summed E-state index contributed by atoms with van der Waals surface area (Å²) < 4.78 is 10.9. The van der Waals surface area contributed by atoms with Gasteiger partial charge in [0.1, 0.15) is 11.9 Å². The van der Waals surface area contributed by atoms with E-state index in [0.717, 1.165) is 24.2 Å². The minimum Gasteiger partial charge on any atom is -0.497 e. The van der Waals surface area contributed by atoms with Crippen molar-refractivity contribution in [3.8, 4) is 5.75 Å². The molecule has 0 amide bonds. The van der Waals surface area contributed by atoms with Crippen LogP contribution in [0, 0.1) is 16.7 Å². The highest BCUT2D eigenvalue weighted by Crippen LogP contribution is 2.66. The molecular weight excluding hydrogens is 288 g/mol. The predicted molar refractivity (Wildman–Crippen MR) is 91.1 cm³/mol. The van der Waals surface area contributed by atoms with Crippen molar-refractivity contribution in [1.82, 2.24) is 0 Å². The number of carbonyl (C=O) groups is 1. The molecule has 0 aliphatic heterocycles. The molecule has 2 bridgehead atoms. The topological polar surface area (TPSA) is 35.5 Å². The SMILES string of the molecule is COc1ccc(/C=C/C(=O)O[C@@H]2C[C@@H]3CC[C@@]2(C)C3(C)C)cc1. The number of ether oxygens (including phenoxy) is 2. The van der Waals surface area contributed by atoms with Crippen molar-refractivity contribution in [1.29, 1.82) is 0 Å². The summed E-state index contributed by atoms with van der Waals surface area (Å²) in [6.45, 7) is 6.93. The lowest BCUT2D eigenvalue weighted by Gasteiger charge is -2.38. The lowest BCUT2D eigenvalue weighted by atomic mass is 9.70. The van der Waals surface area contributed by atoms with E-state index in [1.165, 1.54) is 12.5 Å². The Hall–Kier alpha value is -1.77. The summed E-state index contributed by atoms with van der Waals surface area (Å²) in [6.07, 6.45) is 6.80. The number of hydrogen-bond acceptors (Lipinski definition) is 3. The molecular formula is C20H26O3. The molecule has 0 N–H and O–H groups in total. The maximum atomic E-state index is 12.2. The molecule has 0 heterocycles. The third-order valence-corrected chi connectivity index (χ3v) is 6.50. The number of hydrogen-bond donors (Lipinski definition) is 0. The molecule has 0 unspecified atom stereocenters. The Balaban J connectivity index is 1.63. The van der Waals surface area contributed by atoms with Crippen LogP contribution >= 0.6 is 0 Å². The monoisotopic (exact) mass is 314 g/mol. The molecule has 3 atom stereocenters. The van der Waals surface area contributed by atoms with E-state index in [4.69, 9.17) is 9.47 Å². The largest absolute Gasteiger partial charge is 0.497 e. The van der Waals surface area contributed by atoms with Crippen LogP contribution in [-0.2, 0) is 9.53 Å². The lowest BCUT2D eigenvalue weighted by Crippen LogP contribution is -2.38. The first-order chi connectivity index (χ1) is 10.9. The van der Waals surface area contributed by atoms with Gasteiger partial charge in [-0.3, -0.25) is 0 Å². The predicted octanol–water partition coefficient (Wildman–Crippen LogP) is 4.47. The fourth-order valence-electron chi connectivity index (χ4n) is 4.37. The van der Waals surface area contributed by atoms with E-state index in [1.54, 1.807) is 13.2 Å². The van der Waals surface area contributed by atoms with Crippen molar-refractivity contribution >= 4 is 12.0 Å². The molecule has 3 heteroatoms. The minimum absolute atomic E-state index is 0.0456. The highest BCUT2D eigenvalue weighted by molar-refractivity contribution is 5.87. The first kappa shape index (κ1) is 16.1. The summed E-state index contributed by atoms with van der Waals surface area (Å²) >= 11 is 0. The van der Waals surface area contributed by atoms with Crippen molar-refractivity contribution in [2.45, 2.75) is 46.1 Å². The van der Waals surface area contributed by atoms with E-state index >= 15 is 0 Å². The molecule has 2 aliphatic rings. The normalized spacial score (nSPS) is 31.5. The fourth-order valence-corrected chi connectivity index (χ4v) is 4.37. The van der Waals surface area contributed by atoms with Crippen molar-refractivity contribution in [3.05, 3.63) is 35.9 Å². The Labute approximate surface area is 138 Å². The van der Waals surface area contributed by atoms with Crippen LogP contribution in [0.25, 0.3) is 6.08 Å². The number of rotatable bonds is 4. The van der Waals surface area contributed by atoms with Crippen LogP contribution in [0.2, 0.25) is 0 Å². The molecule has 0 saturated heterocycles. The third-order valence-electron chi connectivity index (χ3n) is 6.50. The summed E-state index contributed by atoms with van der Waals surface area (Å²) in [5, 5.41) is 0. The van der Waals surface area contributed by atoms with Gasteiger partial charge in [0, 0.05) is 11.5 Å². The molecule has 0 radical (unpaired) electrons. The fraction of sp³-hybridized carbons (Fsp3) is 0.550. The Morgan fingerprint density at radius 3 is 2.43 bits per heavy atom. The first-order valence-electron chi connectivity index (χ1n) is 8.39. The summed E-state index contributed by atoms with van der Waals surface area (Å²) in [4.78, 5) is 12.2. The van der Waals surface area contributed by atoms with Crippen molar-refractivity contribution < 1.29 is 14.3 Å². The zero-order chi connectivity index (χ0) is 16.7. The average molecular weight is 314 g/mol. The summed E-state index contributed by atoms with van der Waals surface area (Å²) in [7, 11) is 1.64. The maximum Gasteiger partial charge on any atom is 0.331 e. The quantitative estimate of drug-likeness (QED) is 0.608. The van der Waals surface area contributed by atoms with E-state index in [2.05, 4.69) is 20.8 Å². The average Bonchev–Trinajstić information content (AvgIpc) is 2.87. The Morgan fingerprint density at radius 1 is 1.22 bits per heavy atom. The molecule has 0 spiro atoms. The second kappa shape index (κ2) is 5.70. The van der Waals surface area contributed by atoms with Crippen LogP contribution in [0.3, 0.4) is 0 Å². The van der Waals surface area contributed by atoms with Gasteiger partial charge in [0.05, 0.1) is 7.11 Å². The summed E-state index contributed by atoms with van der Waals surface area (Å²) in [5.41, 5.74) is 1.33. The molecule has 2 saturated carbocycles. The lowest BCUT2D eigenvalue weighted by molar-refractivity contribution is -0.150. The molecule has 23 heavy (non-hydrogen) atoms. The standard InChI is InChI=1S/C20H26O3/c1-19(2)15-11-12-20(19,3)17(13-15)23-18(21)10-7-14-5-8-16(22-4)9-6-14/h5-10,15,17H,11-13H2,1-4H3/b10-7+/t15-,17+,20+/m0/s1. The van der Waals surface area contributed by atoms with Crippen LogP contribution < -0.4 is 4.74 Å². The molecule has 3 rings (SSSR count). The first-order valence-corrected chi connectivity index (χ1v) is 8.39. The smallest absolute Gasteiger partial charge is 0.331 e. The number of carbonyl (C=O) groups excluding carboxylic acids is 1. The maximum absolute atomic E-state index is 12.2. The molecule has 2 fully saturated rings. The second-order valence-corrected chi connectivity index (χ2v) is 7.64. The van der Waals surface area contributed by atoms with Crippen molar-refractivity contribution in [2.24, 2.45) is 16.7 Å². The molecule has 124 valence electrons. The number of benzene rings is 1. The van der Waals surface area contributed by atoms with E-state index in [-0.39, 0.29) is 22.9 Å². The van der Waals surface area contributed by atoms with Crippen LogP contribution in [0.5, 0.6) is 5.75 Å². The highest BCUT2D eigenvalue weighted by Gasteiger charge is 2.62. The van der Waals surface area contributed by atoms with Gasteiger partial charge in [-0.2, -0.15) is 0 Å². The van der Waals surface area contributed by atoms with Gasteiger partial charge in [0.25, 0.3) is 0 Å². The van der Waals surface area contributed by atoms with Gasteiger partial charge in [0.15, 0.2) is 0 Å². The van der Waals surface area contributed by atoms with E-state index < -0.39 is 0 Å². The van der Waals surface area contributed by atoms with E-state index in [1.807, 2.05) is 24.3 Å². The summed E-state index contributed by atoms with van der Waals surface area (Å²) in [5.74, 6) is 1.24. The molecule has 3 nitrogen and oxygen atoms in total. The van der Waals surface area contributed by atoms with Crippen LogP contribution in [0.4, 0.5) is 0 Å². The number of esters is 1. The summed E-state index contributed by atoms with van der Waals surface area (Å²) in [6, 6.07) is 7.60. The van der Waals surface area contributed by atoms with Crippen LogP contribution in [0.1, 0.15) is 45.6 Å². The van der Waals surface area contributed by atoms with Gasteiger partial charge in [0.2, 0.25) is 0 Å². The highest BCUT2D eigenvalue weighted by atomic mass is 16.5. The van der Waals surface area contributed by atoms with Gasteiger partial charge in [-0.15, -0.1) is 0 Å². The molecule has 0 aromatic heterocycles. The van der Waals surface area contributed by atoms with E-state index in [9.17, 15) is 4.79 Å². The second-order valence-electron chi connectivity index (χ2n) is 7.64. The molecule has 1 aromatic rings. The Morgan fingerprint density at radius 2 is 1.91 bits per heavy atom. The zero-order valence-electron chi connectivity index (χ0n) is 14.5. The van der Waals surface area contributed by atoms with E-state index in [0.29, 0.717) is 5.92 Å². The molecule has 1 aromatic carbocycles. The Kier molecular flexibility index (Phi) is 3.99. The molecule has 2 aliphatic carbocycles. The number of methoxy groups -OCH3 is 1. The van der Waals surface area contributed by atoms with Gasteiger partial charge in [-0.05, 0) is 54.4 Å². The van der Waals surface area contributed by atoms with Gasteiger partial charge in [-0.1, -0.05) is 32.9 Å². The van der Waals surface area contributed by atoms with Crippen molar-refractivity contribution in [3.63, 3.8) is 0 Å². The third kappa shape index (κ3) is 2.66. The number of fused-ring (bicyclic) bond motifs is 2.